The van der Waals surface area contributed by atoms with E-state index in [-0.39, 0.29) is 11.3 Å². The van der Waals surface area contributed by atoms with E-state index >= 15 is 0 Å². The number of aromatic nitrogens is 6. The van der Waals surface area contributed by atoms with Gasteiger partial charge in [-0.2, -0.15) is 5.10 Å². The molecule has 32 heavy (non-hydrogen) atoms. The van der Waals surface area contributed by atoms with E-state index in [1.165, 1.54) is 4.57 Å². The number of hydrogen-bond donors (Lipinski definition) is 3. The standard InChI is InChI=1S/C22H23N9O/c1-3-32-21-5-4-15(14-26-21)12-18(23)31-11-8-16(13-19(31)24)17-6-9-25-22(28-17)29-20-7-10-27-30(20)2/h4-11,13-14,23-24H,3,12H2,1-2H3,(H,25,28,29). The van der Waals surface area contributed by atoms with Crippen molar-refractivity contribution < 1.29 is 4.74 Å². The number of rotatable bonds is 7. The normalized spacial score (nSPS) is 10.7. The number of ether oxygens (including phenoxy) is 1. The summed E-state index contributed by atoms with van der Waals surface area (Å²) in [6, 6.07) is 10.8. The van der Waals surface area contributed by atoms with Gasteiger partial charge in [-0.25, -0.2) is 15.0 Å². The van der Waals surface area contributed by atoms with Gasteiger partial charge in [-0.3, -0.25) is 20.1 Å². The second-order valence-electron chi connectivity index (χ2n) is 6.96. The van der Waals surface area contributed by atoms with Gasteiger partial charge in [0.1, 0.15) is 17.1 Å². The smallest absolute Gasteiger partial charge is 0.228 e. The lowest BCUT2D eigenvalue weighted by atomic mass is 10.1. The molecule has 0 bridgehead atoms. The summed E-state index contributed by atoms with van der Waals surface area (Å²) in [6.07, 6.45) is 7.09. The van der Waals surface area contributed by atoms with Crippen molar-refractivity contribution in [3.05, 3.63) is 72.2 Å². The quantitative estimate of drug-likeness (QED) is 0.306. The Bertz CT molecular complexity index is 1290. The molecular formula is C22H23N9O. The van der Waals surface area contributed by atoms with E-state index in [4.69, 9.17) is 15.6 Å². The van der Waals surface area contributed by atoms with Crippen LogP contribution in [0.4, 0.5) is 11.8 Å². The van der Waals surface area contributed by atoms with Gasteiger partial charge in [-0.1, -0.05) is 6.07 Å². The predicted molar refractivity (Wildman–Crippen MR) is 120 cm³/mol. The summed E-state index contributed by atoms with van der Waals surface area (Å²) in [4.78, 5) is 13.0. The molecule has 0 atom stereocenters. The van der Waals surface area contributed by atoms with Gasteiger partial charge in [-0.15, -0.1) is 0 Å². The van der Waals surface area contributed by atoms with Gasteiger partial charge >= 0.3 is 0 Å². The zero-order valence-electron chi connectivity index (χ0n) is 17.8. The van der Waals surface area contributed by atoms with Crippen LogP contribution in [0.3, 0.4) is 0 Å². The van der Waals surface area contributed by atoms with Crippen LogP contribution in [0.25, 0.3) is 11.3 Å². The van der Waals surface area contributed by atoms with E-state index < -0.39 is 0 Å². The van der Waals surface area contributed by atoms with Gasteiger partial charge in [0.05, 0.1) is 18.5 Å². The van der Waals surface area contributed by atoms with E-state index in [9.17, 15) is 0 Å². The zero-order valence-corrected chi connectivity index (χ0v) is 17.8. The Kier molecular flexibility index (Phi) is 6.02. The summed E-state index contributed by atoms with van der Waals surface area (Å²) in [5.41, 5.74) is 2.49. The molecule has 4 aromatic heterocycles. The van der Waals surface area contributed by atoms with Crippen LogP contribution in [0.1, 0.15) is 12.5 Å². The SMILES string of the molecule is CCOc1ccc(CC(=N)n2ccc(-c3ccnc(Nc4ccnn4C)n3)cc2=N)cn1. The summed E-state index contributed by atoms with van der Waals surface area (Å²) >= 11 is 0. The molecule has 0 aliphatic heterocycles. The van der Waals surface area contributed by atoms with Crippen molar-refractivity contribution >= 4 is 17.6 Å². The number of aryl methyl sites for hydroxylation is 1. The minimum Gasteiger partial charge on any atom is -0.478 e. The fourth-order valence-corrected chi connectivity index (χ4v) is 3.11. The van der Waals surface area contributed by atoms with Crippen molar-refractivity contribution in [2.75, 3.05) is 11.9 Å². The number of anilines is 2. The van der Waals surface area contributed by atoms with Crippen LogP contribution in [-0.4, -0.2) is 41.7 Å². The Hall–Kier alpha value is -4.34. The van der Waals surface area contributed by atoms with Gasteiger partial charge in [0, 0.05) is 49.8 Å². The third-order valence-corrected chi connectivity index (χ3v) is 4.72. The Balaban J connectivity index is 1.50. The first-order chi connectivity index (χ1) is 15.5. The van der Waals surface area contributed by atoms with Crippen molar-refractivity contribution in [2.24, 2.45) is 7.05 Å². The van der Waals surface area contributed by atoms with Gasteiger partial charge in [0.25, 0.3) is 0 Å². The second kappa shape index (κ2) is 9.21. The number of nitrogens with zero attached hydrogens (tertiary/aromatic N) is 6. The van der Waals surface area contributed by atoms with Crippen LogP contribution in [0.2, 0.25) is 0 Å². The van der Waals surface area contributed by atoms with E-state index in [1.807, 2.05) is 32.2 Å². The summed E-state index contributed by atoms with van der Waals surface area (Å²) in [7, 11) is 1.83. The number of pyridine rings is 2. The highest BCUT2D eigenvalue weighted by Crippen LogP contribution is 2.18. The van der Waals surface area contributed by atoms with Crippen LogP contribution < -0.4 is 15.5 Å². The molecule has 0 spiro atoms. The molecule has 3 N–H and O–H groups in total. The molecule has 4 rings (SSSR count). The third kappa shape index (κ3) is 4.69. The molecule has 0 amide bonds. The maximum Gasteiger partial charge on any atom is 0.228 e. The van der Waals surface area contributed by atoms with Gasteiger partial charge < -0.3 is 10.1 Å². The molecule has 10 nitrogen and oxygen atoms in total. The second-order valence-corrected chi connectivity index (χ2v) is 6.96. The summed E-state index contributed by atoms with van der Waals surface area (Å²) in [5.74, 6) is 2.04. The van der Waals surface area contributed by atoms with Crippen molar-refractivity contribution in [3.63, 3.8) is 0 Å². The molecule has 0 aromatic carbocycles. The number of nitrogens with one attached hydrogen (secondary N) is 3. The van der Waals surface area contributed by atoms with Crippen molar-refractivity contribution in [2.45, 2.75) is 13.3 Å². The largest absolute Gasteiger partial charge is 0.478 e. The number of hydrogen-bond acceptors (Lipinski definition) is 8. The van der Waals surface area contributed by atoms with Crippen LogP contribution >= 0.6 is 0 Å². The predicted octanol–water partition coefficient (Wildman–Crippen LogP) is 2.76. The first kappa shape index (κ1) is 20.9. The minimum atomic E-state index is 0.186. The lowest BCUT2D eigenvalue weighted by molar-refractivity contribution is 0.326. The molecule has 0 radical (unpaired) electrons. The minimum absolute atomic E-state index is 0.186. The average molecular weight is 429 g/mol. The summed E-state index contributed by atoms with van der Waals surface area (Å²) in [5, 5.41) is 24.1. The monoisotopic (exact) mass is 429 g/mol. The molecule has 10 heteroatoms. The zero-order chi connectivity index (χ0) is 22.5. The molecule has 0 unspecified atom stereocenters. The molecule has 0 saturated carbocycles. The van der Waals surface area contributed by atoms with Crippen LogP contribution in [0, 0.1) is 10.8 Å². The lowest BCUT2D eigenvalue weighted by Gasteiger charge is -2.11. The Morgan fingerprint density at radius 1 is 1.12 bits per heavy atom. The van der Waals surface area contributed by atoms with Gasteiger partial charge in [0.15, 0.2) is 0 Å². The molecule has 4 heterocycles. The maximum atomic E-state index is 8.42. The first-order valence-corrected chi connectivity index (χ1v) is 10.0. The summed E-state index contributed by atoms with van der Waals surface area (Å²) in [6.45, 7) is 2.46. The molecule has 162 valence electrons. The topological polar surface area (TPSA) is 130 Å². The third-order valence-electron chi connectivity index (χ3n) is 4.72. The first-order valence-electron chi connectivity index (χ1n) is 10.0. The Labute approximate surface area is 184 Å². The van der Waals surface area contributed by atoms with Gasteiger partial charge in [-0.05, 0) is 30.7 Å². The highest BCUT2D eigenvalue weighted by atomic mass is 16.5. The van der Waals surface area contributed by atoms with Crippen molar-refractivity contribution in [1.82, 2.24) is 29.3 Å². The molecule has 4 aromatic rings. The molecule has 0 saturated heterocycles. The lowest BCUT2D eigenvalue weighted by Crippen LogP contribution is -2.27. The highest BCUT2D eigenvalue weighted by molar-refractivity contribution is 5.83. The molecule has 0 aliphatic rings. The van der Waals surface area contributed by atoms with E-state index in [1.54, 1.807) is 47.7 Å². The maximum absolute atomic E-state index is 8.42. The van der Waals surface area contributed by atoms with Crippen LogP contribution in [0.15, 0.2) is 61.2 Å². The van der Waals surface area contributed by atoms with Gasteiger partial charge in [0.2, 0.25) is 11.8 Å². The average Bonchev–Trinajstić information content (AvgIpc) is 3.19. The van der Waals surface area contributed by atoms with E-state index in [0.717, 1.165) is 16.9 Å². The molecule has 0 aliphatic carbocycles. The molecular weight excluding hydrogens is 406 g/mol. The highest BCUT2D eigenvalue weighted by Gasteiger charge is 2.08. The van der Waals surface area contributed by atoms with Crippen LogP contribution in [0.5, 0.6) is 5.88 Å². The molecule has 0 fully saturated rings. The van der Waals surface area contributed by atoms with Crippen LogP contribution in [-0.2, 0) is 13.5 Å². The summed E-state index contributed by atoms with van der Waals surface area (Å²) < 4.78 is 8.56. The van der Waals surface area contributed by atoms with Crippen molar-refractivity contribution in [3.8, 4) is 17.1 Å². The fourth-order valence-electron chi connectivity index (χ4n) is 3.11. The van der Waals surface area contributed by atoms with E-state index in [2.05, 4.69) is 25.4 Å². The van der Waals surface area contributed by atoms with Crippen molar-refractivity contribution in [1.29, 1.82) is 10.8 Å². The Morgan fingerprint density at radius 3 is 2.69 bits per heavy atom. The van der Waals surface area contributed by atoms with E-state index in [0.29, 0.717) is 30.5 Å². The Morgan fingerprint density at radius 2 is 2.00 bits per heavy atom. The fraction of sp³-hybridized carbons (Fsp3) is 0.182.